The van der Waals surface area contributed by atoms with Gasteiger partial charge in [-0.15, -0.1) is 0 Å². The Kier molecular flexibility index (Phi) is 12.8. The molecule has 55 heavy (non-hydrogen) atoms. The van der Waals surface area contributed by atoms with Crippen molar-refractivity contribution in [2.45, 2.75) is 66.3 Å². The van der Waals surface area contributed by atoms with Gasteiger partial charge in [0.1, 0.15) is 52.8 Å². The summed E-state index contributed by atoms with van der Waals surface area (Å²) in [6.07, 6.45) is 12.5. The summed E-state index contributed by atoms with van der Waals surface area (Å²) >= 11 is 0. The maximum atomic E-state index is 12.9. The monoisotopic (exact) mass is 752 g/mol. The molecule has 0 aliphatic heterocycles. The molecule has 1 atom stereocenters. The quantitative estimate of drug-likeness (QED) is 0.0787. The second-order valence-corrected chi connectivity index (χ2v) is 14.0. The zero-order valence-corrected chi connectivity index (χ0v) is 31.3. The second kappa shape index (κ2) is 17.4. The molecule has 0 bridgehead atoms. The van der Waals surface area contributed by atoms with E-state index in [1.54, 1.807) is 6.92 Å². The van der Waals surface area contributed by atoms with Crippen molar-refractivity contribution in [2.75, 3.05) is 13.2 Å². The van der Waals surface area contributed by atoms with Gasteiger partial charge < -0.3 is 38.4 Å². The summed E-state index contributed by atoms with van der Waals surface area (Å²) < 4.78 is 28.6. The number of aliphatic hydroxyl groups is 1. The Hall–Kier alpha value is -5.98. The van der Waals surface area contributed by atoms with Crippen molar-refractivity contribution in [1.82, 2.24) is 0 Å². The molecule has 0 amide bonds. The van der Waals surface area contributed by atoms with E-state index in [4.69, 9.17) is 23.0 Å². The number of hydrogen-bond acceptors (Lipinski definition) is 10. The van der Waals surface area contributed by atoms with Gasteiger partial charge in [0.2, 0.25) is 11.5 Å². The maximum absolute atomic E-state index is 12.9. The minimum absolute atomic E-state index is 0.00185. The minimum Gasteiger partial charge on any atom is -0.490 e. The second-order valence-electron chi connectivity index (χ2n) is 14.0. The number of aromatic carboxylic acids is 2. The Balaban J connectivity index is 1.35. The summed E-state index contributed by atoms with van der Waals surface area (Å²) in [5, 5.41) is 29.6. The van der Waals surface area contributed by atoms with Gasteiger partial charge in [0, 0.05) is 12.1 Å². The Morgan fingerprint density at radius 1 is 0.855 bits per heavy atom. The highest BCUT2D eigenvalue weighted by Gasteiger charge is 2.26. The van der Waals surface area contributed by atoms with Crippen LogP contribution in [-0.4, -0.2) is 52.9 Å². The number of fused-ring (bicyclic) bond motifs is 2. The molecule has 4 aromatic rings. The van der Waals surface area contributed by atoms with Gasteiger partial charge >= 0.3 is 11.9 Å². The standard InChI is InChI=1S/C43H44O12/c1-25(17-18-29-27(3)12-9-19-43(29,4)5)10-6-11-26(2)20-38(46)53-28(23-51-32-13-7-15-34-39(32)30(44)21-36(54-34)41(47)48)24-52-33-14-8-16-35-40(33)31(45)22-37(55-35)42(49)50/h6-8,10-11,13-18,20-22,28,38,46H,9,12,19,23-24H2,1-5H3,(H,47,48)(H,49,50)/b11-6+,18-17+,25-10+,26-20+. The van der Waals surface area contributed by atoms with Crippen LogP contribution in [0.5, 0.6) is 11.5 Å². The van der Waals surface area contributed by atoms with Crippen LogP contribution in [0.3, 0.4) is 0 Å². The highest BCUT2D eigenvalue weighted by Crippen LogP contribution is 2.40. The lowest BCUT2D eigenvalue weighted by Gasteiger charge is -2.32. The van der Waals surface area contributed by atoms with Gasteiger partial charge in [-0.25, -0.2) is 9.59 Å². The van der Waals surface area contributed by atoms with E-state index >= 15 is 0 Å². The zero-order chi connectivity index (χ0) is 39.9. The number of ether oxygens (including phenoxy) is 3. The maximum Gasteiger partial charge on any atom is 0.371 e. The van der Waals surface area contributed by atoms with Crippen molar-refractivity contribution in [3.63, 3.8) is 0 Å². The van der Waals surface area contributed by atoms with Gasteiger partial charge in [-0.1, -0.05) is 73.1 Å². The normalized spacial score (nSPS) is 15.8. The minimum atomic E-state index is -1.44. The van der Waals surface area contributed by atoms with Crippen LogP contribution < -0.4 is 20.3 Å². The summed E-state index contributed by atoms with van der Waals surface area (Å²) in [6, 6.07) is 10.6. The van der Waals surface area contributed by atoms with Crippen LogP contribution in [0.2, 0.25) is 0 Å². The fourth-order valence-electron chi connectivity index (χ4n) is 6.45. The third-order valence-electron chi connectivity index (χ3n) is 9.21. The first kappa shape index (κ1) is 40.2. The lowest BCUT2D eigenvalue weighted by atomic mass is 9.72. The van der Waals surface area contributed by atoms with E-state index in [1.165, 1.54) is 60.0 Å². The molecule has 0 saturated heterocycles. The molecule has 0 saturated carbocycles. The lowest BCUT2D eigenvalue weighted by molar-refractivity contribution is -0.125. The van der Waals surface area contributed by atoms with Crippen LogP contribution in [0, 0.1) is 5.41 Å². The summed E-state index contributed by atoms with van der Waals surface area (Å²) in [5.41, 5.74) is 3.40. The van der Waals surface area contributed by atoms with Gasteiger partial charge in [-0.2, -0.15) is 0 Å². The van der Waals surface area contributed by atoms with Gasteiger partial charge in [0.05, 0.1) is 0 Å². The van der Waals surface area contributed by atoms with Crippen LogP contribution in [0.1, 0.15) is 75.0 Å². The van der Waals surface area contributed by atoms with Gasteiger partial charge in [-0.3, -0.25) is 9.59 Å². The molecule has 1 aliphatic rings. The summed E-state index contributed by atoms with van der Waals surface area (Å²) in [7, 11) is 0. The number of aliphatic hydroxyl groups excluding tert-OH is 1. The van der Waals surface area contributed by atoms with E-state index in [1.807, 2.05) is 25.2 Å². The van der Waals surface area contributed by atoms with E-state index in [-0.39, 0.29) is 52.1 Å². The van der Waals surface area contributed by atoms with Crippen LogP contribution in [0.15, 0.2) is 126 Å². The number of carboxylic acid groups (broad SMARTS) is 2. The number of carbonyl (C=O) groups is 2. The summed E-state index contributed by atoms with van der Waals surface area (Å²) in [6.45, 7) is 10.0. The molecule has 3 N–H and O–H groups in total. The van der Waals surface area contributed by atoms with Gasteiger partial charge in [0.25, 0.3) is 0 Å². The number of rotatable bonds is 15. The Labute approximate surface area is 317 Å². The lowest BCUT2D eigenvalue weighted by Crippen LogP contribution is -2.32. The molecule has 5 rings (SSSR count). The number of benzene rings is 2. The third kappa shape index (κ3) is 10.2. The van der Waals surface area contributed by atoms with Crippen molar-refractivity contribution in [3.8, 4) is 11.5 Å². The van der Waals surface area contributed by atoms with Gasteiger partial charge in [0.15, 0.2) is 17.1 Å². The van der Waals surface area contributed by atoms with Crippen molar-refractivity contribution in [2.24, 2.45) is 5.41 Å². The first-order chi connectivity index (χ1) is 26.1. The molecular weight excluding hydrogens is 708 g/mol. The Morgan fingerprint density at radius 3 is 1.91 bits per heavy atom. The smallest absolute Gasteiger partial charge is 0.371 e. The fraction of sp³-hybridized carbons (Fsp3) is 0.302. The average Bonchev–Trinajstić information content (AvgIpc) is 3.11. The average molecular weight is 753 g/mol. The van der Waals surface area contributed by atoms with Crippen molar-refractivity contribution < 1.29 is 48.0 Å². The SMILES string of the molecule is CC1=C(/C=C/C(C)=C/C=C/C(C)=C/C(O)OC(COc2cccc3oc(C(=O)O)cc(=O)c23)COc2cccc3oc(C(=O)O)cc(=O)c23)C(C)(C)CCC1. The summed E-state index contributed by atoms with van der Waals surface area (Å²) in [5.74, 6) is -3.72. The van der Waals surface area contributed by atoms with Crippen LogP contribution >= 0.6 is 0 Å². The van der Waals surface area contributed by atoms with E-state index in [0.29, 0.717) is 5.57 Å². The molecule has 0 spiro atoms. The topological polar surface area (TPSA) is 183 Å². The van der Waals surface area contributed by atoms with E-state index in [0.717, 1.165) is 30.5 Å². The molecule has 2 aromatic carbocycles. The molecule has 1 aliphatic carbocycles. The first-order valence-electron chi connectivity index (χ1n) is 17.7. The van der Waals surface area contributed by atoms with Gasteiger partial charge in [-0.05, 0) is 81.4 Å². The molecule has 0 fully saturated rings. The highest BCUT2D eigenvalue weighted by atomic mass is 16.6. The largest absolute Gasteiger partial charge is 0.490 e. The van der Waals surface area contributed by atoms with Crippen molar-refractivity contribution in [3.05, 3.63) is 139 Å². The molecule has 12 nitrogen and oxygen atoms in total. The predicted octanol–water partition coefficient (Wildman–Crippen LogP) is 7.99. The molecule has 12 heteroatoms. The van der Waals surface area contributed by atoms with Crippen LogP contribution in [-0.2, 0) is 4.74 Å². The number of carboxylic acids is 2. The predicted molar refractivity (Wildman–Crippen MR) is 207 cm³/mol. The summed E-state index contributed by atoms with van der Waals surface area (Å²) in [4.78, 5) is 48.6. The Morgan fingerprint density at radius 2 is 1.40 bits per heavy atom. The first-order valence-corrected chi connectivity index (χ1v) is 17.7. The Bertz CT molecular complexity index is 2250. The molecule has 288 valence electrons. The number of hydrogen-bond donors (Lipinski definition) is 3. The third-order valence-corrected chi connectivity index (χ3v) is 9.21. The highest BCUT2D eigenvalue weighted by molar-refractivity contribution is 5.90. The molecule has 0 radical (unpaired) electrons. The van der Waals surface area contributed by atoms with E-state index in [2.05, 4.69) is 32.9 Å². The molecule has 1 unspecified atom stereocenters. The molecule has 2 aromatic heterocycles. The van der Waals surface area contributed by atoms with Crippen molar-refractivity contribution >= 4 is 33.9 Å². The van der Waals surface area contributed by atoms with E-state index < -0.39 is 46.7 Å². The zero-order valence-electron chi connectivity index (χ0n) is 31.3. The van der Waals surface area contributed by atoms with Crippen LogP contribution in [0.4, 0.5) is 0 Å². The molecule has 2 heterocycles. The van der Waals surface area contributed by atoms with Crippen molar-refractivity contribution in [1.29, 1.82) is 0 Å². The van der Waals surface area contributed by atoms with E-state index in [9.17, 15) is 34.5 Å². The molecular formula is C43H44O12. The van der Waals surface area contributed by atoms with Crippen LogP contribution in [0.25, 0.3) is 21.9 Å². The number of allylic oxidation sites excluding steroid dienone is 9. The fourth-order valence-corrected chi connectivity index (χ4v) is 6.45.